The van der Waals surface area contributed by atoms with Crippen LogP contribution in [-0.4, -0.2) is 13.0 Å². The first-order valence-electron chi connectivity index (χ1n) is 9.93. The van der Waals surface area contributed by atoms with E-state index in [-0.39, 0.29) is 16.5 Å². The Kier molecular flexibility index (Phi) is 6.62. The van der Waals surface area contributed by atoms with Crippen molar-refractivity contribution in [1.29, 1.82) is 0 Å². The summed E-state index contributed by atoms with van der Waals surface area (Å²) in [7, 11) is -1.89. The molecule has 0 saturated carbocycles. The Balaban J connectivity index is 1.64. The quantitative estimate of drug-likeness (QED) is 0.397. The van der Waals surface area contributed by atoms with Crippen LogP contribution in [-0.2, 0) is 23.6 Å². The number of sulfonamides is 1. The number of rotatable bonds is 6. The normalized spacial score (nSPS) is 12.3. The number of aryl methyl sites for hydroxylation is 1. The number of benzene rings is 3. The van der Waals surface area contributed by atoms with Crippen molar-refractivity contribution in [2.75, 3.05) is 0 Å². The molecule has 3 aromatic carbocycles. The molecule has 32 heavy (non-hydrogen) atoms. The molecule has 0 unspecified atom stereocenters. The van der Waals surface area contributed by atoms with E-state index in [9.17, 15) is 8.42 Å². The van der Waals surface area contributed by atoms with Crippen LogP contribution >= 0.6 is 22.9 Å². The zero-order valence-electron chi connectivity index (χ0n) is 17.6. The van der Waals surface area contributed by atoms with Gasteiger partial charge in [-0.15, -0.1) is 11.3 Å². The van der Waals surface area contributed by atoms with Gasteiger partial charge in [-0.05, 0) is 36.8 Å². The number of aromatic nitrogens is 1. The highest BCUT2D eigenvalue weighted by Gasteiger charge is 2.19. The molecule has 4 aromatic rings. The lowest BCUT2D eigenvalue weighted by molar-refractivity contribution is 0.581. The van der Waals surface area contributed by atoms with Crippen LogP contribution in [0.4, 0.5) is 5.69 Å². The number of thiazole rings is 1. The van der Waals surface area contributed by atoms with Crippen molar-refractivity contribution in [3.63, 3.8) is 0 Å². The second-order valence-electron chi connectivity index (χ2n) is 7.37. The largest absolute Gasteiger partial charge is 0.320 e. The molecule has 1 aromatic heterocycles. The maximum Gasteiger partial charge on any atom is 0.242 e. The molecule has 5 nitrogen and oxygen atoms in total. The second kappa shape index (κ2) is 9.42. The minimum absolute atomic E-state index is 0.0523. The monoisotopic (exact) mass is 483 g/mol. The predicted molar refractivity (Wildman–Crippen MR) is 131 cm³/mol. The van der Waals surface area contributed by atoms with Gasteiger partial charge < -0.3 is 4.57 Å². The van der Waals surface area contributed by atoms with E-state index in [0.717, 1.165) is 32.9 Å². The average Bonchev–Trinajstić information content (AvgIpc) is 3.14. The molecular formula is C24H22ClN3O2S2. The number of nitrogens with one attached hydrogen (secondary N) is 1. The van der Waals surface area contributed by atoms with E-state index in [1.165, 1.54) is 11.3 Å². The molecule has 1 N–H and O–H groups in total. The van der Waals surface area contributed by atoms with Gasteiger partial charge in [-0.2, -0.15) is 0 Å². The van der Waals surface area contributed by atoms with Crippen molar-refractivity contribution in [3.8, 4) is 11.3 Å². The minimum Gasteiger partial charge on any atom is -0.320 e. The Labute approximate surface area is 196 Å². The number of para-hydroxylation sites is 1. The lowest BCUT2D eigenvalue weighted by Crippen LogP contribution is -2.23. The Morgan fingerprint density at radius 1 is 1.03 bits per heavy atom. The zero-order valence-corrected chi connectivity index (χ0v) is 20.0. The highest BCUT2D eigenvalue weighted by Crippen LogP contribution is 2.28. The van der Waals surface area contributed by atoms with Crippen molar-refractivity contribution < 1.29 is 8.42 Å². The predicted octanol–water partition coefficient (Wildman–Crippen LogP) is 5.43. The fourth-order valence-electron chi connectivity index (χ4n) is 3.18. The first-order chi connectivity index (χ1) is 15.3. The SMILES string of the molecule is Cc1ccc(CNS(=O)(=O)c2cc(-c3csc(=Nc4ccccc4)n3C)ccc2Cl)cc1. The van der Waals surface area contributed by atoms with Crippen molar-refractivity contribution >= 4 is 38.6 Å². The van der Waals surface area contributed by atoms with Crippen LogP contribution in [0.15, 0.2) is 88.1 Å². The van der Waals surface area contributed by atoms with Crippen molar-refractivity contribution in [2.45, 2.75) is 18.4 Å². The van der Waals surface area contributed by atoms with E-state index in [1.54, 1.807) is 12.1 Å². The molecule has 0 saturated heterocycles. The number of hydrogen-bond acceptors (Lipinski definition) is 4. The summed E-state index contributed by atoms with van der Waals surface area (Å²) in [4.78, 5) is 5.53. The topological polar surface area (TPSA) is 63.5 Å². The number of nitrogens with zero attached hydrogens (tertiary/aromatic N) is 2. The van der Waals surface area contributed by atoms with E-state index in [4.69, 9.17) is 11.6 Å². The molecule has 0 spiro atoms. The van der Waals surface area contributed by atoms with Gasteiger partial charge in [0, 0.05) is 24.5 Å². The van der Waals surface area contributed by atoms with Crippen LogP contribution in [0.25, 0.3) is 11.3 Å². The molecule has 0 amide bonds. The third-order valence-corrected chi connectivity index (χ3v) is 7.81. The first kappa shape index (κ1) is 22.5. The van der Waals surface area contributed by atoms with Crippen LogP contribution in [0.5, 0.6) is 0 Å². The second-order valence-corrected chi connectivity index (χ2v) is 10.3. The lowest BCUT2D eigenvalue weighted by atomic mass is 10.2. The standard InChI is InChI=1S/C24H22ClN3O2S2/c1-17-8-10-18(11-9-17)15-26-32(29,30)23-14-19(12-13-21(23)25)22-16-31-24(28(22)2)27-20-6-4-3-5-7-20/h3-14,16,26H,15H2,1-2H3. The van der Waals surface area contributed by atoms with Gasteiger partial charge in [0.2, 0.25) is 10.0 Å². The summed E-state index contributed by atoms with van der Waals surface area (Å²) in [5, 5.41) is 2.14. The summed E-state index contributed by atoms with van der Waals surface area (Å²) in [6.45, 7) is 2.18. The molecule has 0 fully saturated rings. The van der Waals surface area contributed by atoms with Gasteiger partial charge >= 0.3 is 0 Å². The summed E-state index contributed by atoms with van der Waals surface area (Å²) in [6.07, 6.45) is 0. The fraction of sp³-hybridized carbons (Fsp3) is 0.125. The van der Waals surface area contributed by atoms with Crippen LogP contribution in [0, 0.1) is 6.92 Å². The van der Waals surface area contributed by atoms with Crippen LogP contribution in [0.3, 0.4) is 0 Å². The third-order valence-electron chi connectivity index (χ3n) is 5.01. The first-order valence-corrected chi connectivity index (χ1v) is 12.7. The molecule has 1 heterocycles. The van der Waals surface area contributed by atoms with Gasteiger partial charge in [0.15, 0.2) is 4.80 Å². The van der Waals surface area contributed by atoms with Crippen LogP contribution in [0.2, 0.25) is 5.02 Å². The van der Waals surface area contributed by atoms with Gasteiger partial charge in [-0.3, -0.25) is 0 Å². The molecule has 8 heteroatoms. The average molecular weight is 484 g/mol. The van der Waals surface area contributed by atoms with Crippen LogP contribution in [0.1, 0.15) is 11.1 Å². The zero-order chi connectivity index (χ0) is 22.7. The summed E-state index contributed by atoms with van der Waals surface area (Å²) in [5.74, 6) is 0. The molecule has 0 aliphatic carbocycles. The van der Waals surface area contributed by atoms with Crippen molar-refractivity contribution in [2.24, 2.45) is 12.0 Å². The van der Waals surface area contributed by atoms with E-state index in [1.807, 2.05) is 84.6 Å². The van der Waals surface area contributed by atoms with Gasteiger partial charge in [-0.25, -0.2) is 18.1 Å². The Bertz CT molecular complexity index is 1410. The van der Waals surface area contributed by atoms with Crippen molar-refractivity contribution in [3.05, 3.63) is 99.1 Å². The Hall–Kier alpha value is -2.71. The molecule has 0 radical (unpaired) electrons. The van der Waals surface area contributed by atoms with E-state index >= 15 is 0 Å². The highest BCUT2D eigenvalue weighted by molar-refractivity contribution is 7.89. The maximum atomic E-state index is 13.0. The smallest absolute Gasteiger partial charge is 0.242 e. The summed E-state index contributed by atoms with van der Waals surface area (Å²) >= 11 is 7.77. The van der Waals surface area contributed by atoms with Gasteiger partial charge in [0.05, 0.1) is 16.4 Å². The molecule has 0 aliphatic heterocycles. The molecule has 0 aliphatic rings. The van der Waals surface area contributed by atoms with E-state index in [0.29, 0.717) is 0 Å². The van der Waals surface area contributed by atoms with Crippen LogP contribution < -0.4 is 9.52 Å². The maximum absolute atomic E-state index is 13.0. The highest BCUT2D eigenvalue weighted by atomic mass is 35.5. The molecule has 0 bridgehead atoms. The summed E-state index contributed by atoms with van der Waals surface area (Å²) < 4.78 is 30.6. The fourth-order valence-corrected chi connectivity index (χ4v) is 5.64. The summed E-state index contributed by atoms with van der Waals surface area (Å²) in [5.41, 5.74) is 4.46. The van der Waals surface area contributed by atoms with E-state index < -0.39 is 10.0 Å². The number of hydrogen-bond donors (Lipinski definition) is 1. The summed E-state index contributed by atoms with van der Waals surface area (Å²) in [6, 6.07) is 22.4. The van der Waals surface area contributed by atoms with E-state index in [2.05, 4.69) is 9.71 Å². The van der Waals surface area contributed by atoms with Crippen molar-refractivity contribution in [1.82, 2.24) is 9.29 Å². The molecule has 164 valence electrons. The van der Waals surface area contributed by atoms with Gasteiger partial charge in [-0.1, -0.05) is 65.7 Å². The molecule has 0 atom stereocenters. The lowest BCUT2D eigenvalue weighted by Gasteiger charge is -2.11. The van der Waals surface area contributed by atoms with Gasteiger partial charge in [0.25, 0.3) is 0 Å². The molecule has 4 rings (SSSR count). The van der Waals surface area contributed by atoms with Gasteiger partial charge in [0.1, 0.15) is 4.90 Å². The molecular weight excluding hydrogens is 462 g/mol. The minimum atomic E-state index is -3.80. The third kappa shape index (κ3) is 5.02. The Morgan fingerprint density at radius 2 is 1.75 bits per heavy atom. The number of halogens is 1. The Morgan fingerprint density at radius 3 is 2.47 bits per heavy atom.